The maximum Gasteiger partial charge on any atom is 0.182 e. The monoisotopic (exact) mass is 209 g/mol. The van der Waals surface area contributed by atoms with Crippen LogP contribution in [-0.2, 0) is 4.79 Å². The van der Waals surface area contributed by atoms with E-state index < -0.39 is 0 Å². The molecule has 0 aromatic carbocycles. The maximum absolute atomic E-state index is 11.7. The molecule has 84 valence electrons. The Morgan fingerprint density at radius 1 is 1.60 bits per heavy atom. The fourth-order valence-corrected chi connectivity index (χ4v) is 1.51. The zero-order valence-corrected chi connectivity index (χ0v) is 9.47. The Labute approximate surface area is 91.0 Å². The van der Waals surface area contributed by atoms with Gasteiger partial charge in [-0.1, -0.05) is 13.0 Å². The van der Waals surface area contributed by atoms with E-state index in [1.54, 1.807) is 6.08 Å². The summed E-state index contributed by atoms with van der Waals surface area (Å²) in [7, 11) is 0. The maximum atomic E-state index is 11.7. The van der Waals surface area contributed by atoms with Gasteiger partial charge in [-0.05, 0) is 19.8 Å². The van der Waals surface area contributed by atoms with E-state index in [1.165, 1.54) is 0 Å². The number of hydrogen-bond donors (Lipinski definition) is 2. The molecule has 0 amide bonds. The van der Waals surface area contributed by atoms with Crippen molar-refractivity contribution in [2.24, 2.45) is 0 Å². The van der Waals surface area contributed by atoms with Gasteiger partial charge in [0, 0.05) is 13.0 Å². The molecule has 0 atom stereocenters. The molecule has 1 aliphatic heterocycles. The molecule has 4 heteroatoms. The summed E-state index contributed by atoms with van der Waals surface area (Å²) in [6.45, 7) is 8.56. The molecule has 2 N–H and O–H groups in total. The largest absolute Gasteiger partial charge is 0.299 e. The normalized spacial score (nSPS) is 15.5. The van der Waals surface area contributed by atoms with Crippen molar-refractivity contribution in [2.75, 3.05) is 6.54 Å². The number of rotatable bonds is 6. The standard InChI is InChI=1S/C11H19N3O/c1-4-6-7-10(15)11-9(3)14(8-5-2)13-12-11/h4,12-13H,1,5-8H2,2-3H3. The zero-order valence-electron chi connectivity index (χ0n) is 9.47. The third-order valence-electron chi connectivity index (χ3n) is 2.38. The van der Waals surface area contributed by atoms with E-state index >= 15 is 0 Å². The molecule has 0 saturated carbocycles. The summed E-state index contributed by atoms with van der Waals surface area (Å²) < 4.78 is 0. The Morgan fingerprint density at radius 2 is 2.33 bits per heavy atom. The van der Waals surface area contributed by atoms with Crippen molar-refractivity contribution in [2.45, 2.75) is 33.1 Å². The topological polar surface area (TPSA) is 44.4 Å². The molecule has 0 radical (unpaired) electrons. The number of ketones is 1. The SMILES string of the molecule is C=CCCC(=O)C1=C(C)N(CCC)NN1. The molecular formula is C11H19N3O. The Morgan fingerprint density at radius 3 is 2.93 bits per heavy atom. The number of hydrogen-bond acceptors (Lipinski definition) is 4. The molecule has 1 aliphatic rings. The van der Waals surface area contributed by atoms with Crippen LogP contribution in [0.3, 0.4) is 0 Å². The molecule has 0 saturated heterocycles. The van der Waals surface area contributed by atoms with Gasteiger partial charge in [-0.15, -0.1) is 12.1 Å². The van der Waals surface area contributed by atoms with Gasteiger partial charge < -0.3 is 0 Å². The molecule has 0 bridgehead atoms. The van der Waals surface area contributed by atoms with Gasteiger partial charge in [0.25, 0.3) is 0 Å². The van der Waals surface area contributed by atoms with Crippen LogP contribution in [0.2, 0.25) is 0 Å². The third kappa shape index (κ3) is 2.83. The lowest BCUT2D eigenvalue weighted by Crippen LogP contribution is -2.38. The summed E-state index contributed by atoms with van der Waals surface area (Å²) in [6.07, 6.45) is 4.05. The first-order valence-electron chi connectivity index (χ1n) is 5.34. The van der Waals surface area contributed by atoms with E-state index in [1.807, 2.05) is 11.9 Å². The number of carbonyl (C=O) groups excluding carboxylic acids is 1. The molecular weight excluding hydrogens is 190 g/mol. The predicted molar refractivity (Wildman–Crippen MR) is 60.4 cm³/mol. The molecule has 0 aliphatic carbocycles. The van der Waals surface area contributed by atoms with Crippen LogP contribution < -0.4 is 11.0 Å². The van der Waals surface area contributed by atoms with E-state index in [9.17, 15) is 4.79 Å². The average molecular weight is 209 g/mol. The van der Waals surface area contributed by atoms with E-state index in [4.69, 9.17) is 0 Å². The minimum atomic E-state index is 0.138. The highest BCUT2D eigenvalue weighted by Gasteiger charge is 2.21. The summed E-state index contributed by atoms with van der Waals surface area (Å²) >= 11 is 0. The summed E-state index contributed by atoms with van der Waals surface area (Å²) in [4.78, 5) is 11.7. The van der Waals surface area contributed by atoms with Crippen molar-refractivity contribution >= 4 is 5.78 Å². The van der Waals surface area contributed by atoms with Crippen molar-refractivity contribution in [3.05, 3.63) is 24.0 Å². The van der Waals surface area contributed by atoms with Gasteiger partial charge in [0.2, 0.25) is 0 Å². The number of allylic oxidation sites excluding steroid dienone is 3. The van der Waals surface area contributed by atoms with Crippen LogP contribution in [0, 0.1) is 0 Å². The van der Waals surface area contributed by atoms with Crippen LogP contribution in [0.5, 0.6) is 0 Å². The number of nitrogens with zero attached hydrogens (tertiary/aromatic N) is 1. The molecule has 1 heterocycles. The van der Waals surface area contributed by atoms with E-state index in [0.29, 0.717) is 12.1 Å². The Hall–Kier alpha value is -1.29. The van der Waals surface area contributed by atoms with Crippen LogP contribution in [0.15, 0.2) is 24.0 Å². The highest BCUT2D eigenvalue weighted by Crippen LogP contribution is 2.14. The summed E-state index contributed by atoms with van der Waals surface area (Å²) in [6, 6.07) is 0. The molecule has 0 aromatic heterocycles. The predicted octanol–water partition coefficient (Wildman–Crippen LogP) is 1.49. The Bertz CT molecular complexity index is 284. The van der Waals surface area contributed by atoms with Gasteiger partial charge in [0.1, 0.15) is 5.70 Å². The lowest BCUT2D eigenvalue weighted by molar-refractivity contribution is -0.115. The van der Waals surface area contributed by atoms with Crippen molar-refractivity contribution in [1.29, 1.82) is 0 Å². The highest BCUT2D eigenvalue weighted by molar-refractivity contribution is 5.95. The fraction of sp³-hybridized carbons (Fsp3) is 0.545. The summed E-state index contributed by atoms with van der Waals surface area (Å²) in [5.41, 5.74) is 7.56. The van der Waals surface area contributed by atoms with Gasteiger partial charge in [-0.3, -0.25) is 15.2 Å². The smallest absolute Gasteiger partial charge is 0.182 e. The first-order chi connectivity index (χ1) is 7.20. The van der Waals surface area contributed by atoms with E-state index in [0.717, 1.165) is 25.1 Å². The lowest BCUT2D eigenvalue weighted by Gasteiger charge is -2.17. The minimum absolute atomic E-state index is 0.138. The van der Waals surface area contributed by atoms with Crippen LogP contribution in [-0.4, -0.2) is 17.3 Å². The van der Waals surface area contributed by atoms with Gasteiger partial charge in [-0.2, -0.15) is 0 Å². The van der Waals surface area contributed by atoms with Gasteiger partial charge in [0.05, 0.1) is 5.70 Å². The second-order valence-corrected chi connectivity index (χ2v) is 3.60. The average Bonchev–Trinajstić information content (AvgIpc) is 2.58. The van der Waals surface area contributed by atoms with Crippen molar-refractivity contribution in [3.63, 3.8) is 0 Å². The van der Waals surface area contributed by atoms with Crippen molar-refractivity contribution in [1.82, 2.24) is 16.0 Å². The van der Waals surface area contributed by atoms with Crippen molar-refractivity contribution < 1.29 is 4.79 Å². The fourth-order valence-electron chi connectivity index (χ4n) is 1.51. The third-order valence-corrected chi connectivity index (χ3v) is 2.38. The molecule has 4 nitrogen and oxygen atoms in total. The number of hydrazine groups is 2. The van der Waals surface area contributed by atoms with Gasteiger partial charge >= 0.3 is 0 Å². The second kappa shape index (κ2) is 5.56. The summed E-state index contributed by atoms with van der Waals surface area (Å²) in [5.74, 6) is 0.138. The van der Waals surface area contributed by atoms with Gasteiger partial charge in [-0.25, -0.2) is 0 Å². The lowest BCUT2D eigenvalue weighted by atomic mass is 10.1. The molecule has 0 spiro atoms. The molecule has 15 heavy (non-hydrogen) atoms. The first-order valence-corrected chi connectivity index (χ1v) is 5.34. The van der Waals surface area contributed by atoms with Crippen LogP contribution >= 0.6 is 0 Å². The van der Waals surface area contributed by atoms with Gasteiger partial charge in [0.15, 0.2) is 5.78 Å². The van der Waals surface area contributed by atoms with Crippen LogP contribution in [0.25, 0.3) is 0 Å². The zero-order chi connectivity index (χ0) is 11.3. The Kier molecular flexibility index (Phi) is 4.37. The molecule has 1 rings (SSSR count). The van der Waals surface area contributed by atoms with E-state index in [2.05, 4.69) is 24.5 Å². The Balaban J connectivity index is 2.61. The number of nitrogens with one attached hydrogen (secondary N) is 2. The van der Waals surface area contributed by atoms with E-state index in [-0.39, 0.29) is 5.78 Å². The quantitative estimate of drug-likeness (QED) is 0.650. The number of Topliss-reactive ketones (excluding diaryl/α,β-unsaturated/α-hetero) is 1. The van der Waals surface area contributed by atoms with Crippen LogP contribution in [0.1, 0.15) is 33.1 Å². The first kappa shape index (κ1) is 11.8. The molecule has 0 unspecified atom stereocenters. The highest BCUT2D eigenvalue weighted by atomic mass is 16.1. The van der Waals surface area contributed by atoms with Crippen LogP contribution in [0.4, 0.5) is 0 Å². The molecule has 0 aromatic rings. The van der Waals surface area contributed by atoms with Crippen molar-refractivity contribution in [3.8, 4) is 0 Å². The number of carbonyl (C=O) groups is 1. The minimum Gasteiger partial charge on any atom is -0.299 e. The second-order valence-electron chi connectivity index (χ2n) is 3.60. The summed E-state index contributed by atoms with van der Waals surface area (Å²) in [5, 5.41) is 1.96. The molecule has 0 fully saturated rings.